The van der Waals surface area contributed by atoms with E-state index in [1.807, 2.05) is 25.3 Å². The van der Waals surface area contributed by atoms with Crippen LogP contribution in [0.4, 0.5) is 8.78 Å². The SMILES string of the molecule is CNC[C@@]1(C2C=CC=CC2)Cc2c(cc(F)c(Cl)c2C2=C(C(=O)NC)C=CC(OC[C@H](C)O)C2(C)F)O1. The van der Waals surface area contributed by atoms with E-state index in [0.717, 1.165) is 6.42 Å². The number of amides is 1. The molecule has 9 heteroatoms. The fraction of sp³-hybridized carbons (Fsp3) is 0.464. The van der Waals surface area contributed by atoms with Crippen molar-refractivity contribution in [2.75, 3.05) is 27.2 Å². The third kappa shape index (κ3) is 5.00. The summed E-state index contributed by atoms with van der Waals surface area (Å²) in [4.78, 5) is 12.9. The average Bonchev–Trinajstić information content (AvgIpc) is 3.23. The smallest absolute Gasteiger partial charge is 0.251 e. The summed E-state index contributed by atoms with van der Waals surface area (Å²) in [5.41, 5.74) is -2.46. The molecule has 0 aromatic heterocycles. The number of fused-ring (bicyclic) bond motifs is 1. The summed E-state index contributed by atoms with van der Waals surface area (Å²) in [6.07, 6.45) is 9.99. The molecule has 1 aliphatic heterocycles. The third-order valence-corrected chi connectivity index (χ3v) is 7.55. The van der Waals surface area contributed by atoms with Crippen LogP contribution >= 0.6 is 11.6 Å². The molecule has 3 N–H and O–H groups in total. The van der Waals surface area contributed by atoms with Gasteiger partial charge < -0.3 is 25.2 Å². The fourth-order valence-corrected chi connectivity index (χ4v) is 5.70. The second kappa shape index (κ2) is 10.7. The van der Waals surface area contributed by atoms with Crippen molar-refractivity contribution in [2.24, 2.45) is 5.92 Å². The van der Waals surface area contributed by atoms with Gasteiger partial charge in [0.2, 0.25) is 0 Å². The molecule has 1 aromatic rings. The number of rotatable bonds is 8. The first kappa shape index (κ1) is 27.5. The summed E-state index contributed by atoms with van der Waals surface area (Å²) in [5.74, 6) is -1.07. The number of benzene rings is 1. The van der Waals surface area contributed by atoms with Gasteiger partial charge in [-0.05, 0) is 27.3 Å². The molecule has 1 aromatic carbocycles. The number of aliphatic hydroxyl groups is 1. The second-order valence-electron chi connectivity index (χ2n) is 9.96. The number of carbonyl (C=O) groups is 1. The van der Waals surface area contributed by atoms with Crippen LogP contribution < -0.4 is 15.4 Å². The van der Waals surface area contributed by atoms with Crippen LogP contribution in [0.25, 0.3) is 5.57 Å². The Hall–Kier alpha value is -2.52. The van der Waals surface area contributed by atoms with Gasteiger partial charge in [0.15, 0.2) is 5.67 Å². The number of hydrogen-bond donors (Lipinski definition) is 3. The normalized spacial score (nSPS) is 29.3. The van der Waals surface area contributed by atoms with E-state index < -0.39 is 35.2 Å². The number of halogens is 3. The first-order chi connectivity index (χ1) is 17.6. The van der Waals surface area contributed by atoms with Crippen LogP contribution in [0.3, 0.4) is 0 Å². The average molecular weight is 535 g/mol. The summed E-state index contributed by atoms with van der Waals surface area (Å²) in [6, 6.07) is 1.23. The number of alkyl halides is 1. The molecule has 2 aliphatic carbocycles. The van der Waals surface area contributed by atoms with E-state index >= 15 is 8.78 Å². The Labute approximate surface area is 221 Å². The highest BCUT2D eigenvalue weighted by molar-refractivity contribution is 6.33. The molecule has 0 radical (unpaired) electrons. The Morgan fingerprint density at radius 1 is 1.35 bits per heavy atom. The summed E-state index contributed by atoms with van der Waals surface area (Å²) in [5, 5.41) is 15.1. The third-order valence-electron chi connectivity index (χ3n) is 7.18. The van der Waals surface area contributed by atoms with E-state index in [4.69, 9.17) is 21.1 Å². The summed E-state index contributed by atoms with van der Waals surface area (Å²) < 4.78 is 44.2. The van der Waals surface area contributed by atoms with Crippen molar-refractivity contribution in [3.05, 3.63) is 70.1 Å². The van der Waals surface area contributed by atoms with Gasteiger partial charge in [0.25, 0.3) is 5.91 Å². The Balaban J connectivity index is 1.91. The topological polar surface area (TPSA) is 79.8 Å². The molecule has 1 heterocycles. The van der Waals surface area contributed by atoms with Gasteiger partial charge in [0.05, 0.1) is 17.7 Å². The molecule has 0 spiro atoms. The van der Waals surface area contributed by atoms with E-state index in [0.29, 0.717) is 18.5 Å². The first-order valence-corrected chi connectivity index (χ1v) is 12.7. The largest absolute Gasteiger partial charge is 0.485 e. The van der Waals surface area contributed by atoms with Crippen molar-refractivity contribution in [2.45, 2.75) is 50.2 Å². The molecule has 1 amide bonds. The molecule has 5 atom stereocenters. The zero-order valence-electron chi connectivity index (χ0n) is 21.4. The fourth-order valence-electron chi connectivity index (χ4n) is 5.44. The Morgan fingerprint density at radius 2 is 2.11 bits per heavy atom. The predicted octanol–water partition coefficient (Wildman–Crippen LogP) is 4.07. The summed E-state index contributed by atoms with van der Waals surface area (Å²) >= 11 is 6.57. The Kier molecular flexibility index (Phi) is 7.95. The van der Waals surface area contributed by atoms with Gasteiger partial charge >= 0.3 is 0 Å². The maximum atomic E-state index is 16.8. The first-order valence-electron chi connectivity index (χ1n) is 12.4. The van der Waals surface area contributed by atoms with E-state index in [9.17, 15) is 9.90 Å². The highest BCUT2D eigenvalue weighted by atomic mass is 35.5. The molecule has 0 saturated heterocycles. The van der Waals surface area contributed by atoms with Gasteiger partial charge in [-0.25, -0.2) is 8.78 Å². The van der Waals surface area contributed by atoms with Crippen molar-refractivity contribution in [1.29, 1.82) is 0 Å². The predicted molar refractivity (Wildman–Crippen MR) is 140 cm³/mol. The van der Waals surface area contributed by atoms with Crippen LogP contribution in [0.2, 0.25) is 5.02 Å². The number of nitrogens with one attached hydrogen (secondary N) is 2. The van der Waals surface area contributed by atoms with Crippen LogP contribution in [-0.4, -0.2) is 61.7 Å². The zero-order chi connectivity index (χ0) is 27.0. The van der Waals surface area contributed by atoms with Crippen LogP contribution in [0, 0.1) is 11.7 Å². The van der Waals surface area contributed by atoms with Crippen LogP contribution in [-0.2, 0) is 16.0 Å². The van der Waals surface area contributed by atoms with Crippen LogP contribution in [0.1, 0.15) is 31.4 Å². The van der Waals surface area contributed by atoms with E-state index in [1.165, 1.54) is 39.1 Å². The number of carbonyl (C=O) groups excluding carboxylic acids is 1. The van der Waals surface area contributed by atoms with Gasteiger partial charge in [0, 0.05) is 54.3 Å². The molecule has 6 nitrogen and oxygen atoms in total. The molecule has 3 unspecified atom stereocenters. The Bertz CT molecular complexity index is 1190. The minimum atomic E-state index is -2.28. The number of likely N-dealkylation sites (N-methyl/N-ethyl adjacent to an activating group) is 2. The standard InChI is InChI=1S/C28H33ClF2N2O4/c1-16(34)14-36-22-11-10-18(26(35)33-4)24(27(22,2)31)23-19-13-28(15-32-3,17-8-6-5-7-9-17)37-21(19)12-20(30)25(23)29/h5-8,10-12,16-17,22,32,34H,9,13-15H2,1-4H3,(H,33,35)/t16-,17?,22?,27?,28+/m0/s1. The van der Waals surface area contributed by atoms with Crippen molar-refractivity contribution in [3.8, 4) is 5.75 Å². The number of aliphatic hydroxyl groups excluding tert-OH is 1. The summed E-state index contributed by atoms with van der Waals surface area (Å²) in [6.45, 7) is 3.14. The van der Waals surface area contributed by atoms with Gasteiger partial charge in [-0.15, -0.1) is 0 Å². The molecule has 3 aliphatic rings. The summed E-state index contributed by atoms with van der Waals surface area (Å²) in [7, 11) is 3.25. The number of ether oxygens (including phenoxy) is 2. The number of hydrogen-bond acceptors (Lipinski definition) is 5. The quantitative estimate of drug-likeness (QED) is 0.468. The lowest BCUT2D eigenvalue weighted by Crippen LogP contribution is -2.49. The lowest BCUT2D eigenvalue weighted by Gasteiger charge is -2.37. The van der Waals surface area contributed by atoms with Crippen molar-refractivity contribution in [3.63, 3.8) is 0 Å². The maximum absolute atomic E-state index is 16.8. The number of allylic oxidation sites excluding steroid dienone is 3. The minimum Gasteiger partial charge on any atom is -0.485 e. The van der Waals surface area contributed by atoms with E-state index in [1.54, 1.807) is 0 Å². The van der Waals surface area contributed by atoms with Crippen LogP contribution in [0.15, 0.2) is 48.1 Å². The van der Waals surface area contributed by atoms with Crippen molar-refractivity contribution in [1.82, 2.24) is 10.6 Å². The van der Waals surface area contributed by atoms with Crippen molar-refractivity contribution >= 4 is 23.1 Å². The molecular weight excluding hydrogens is 502 g/mol. The van der Waals surface area contributed by atoms with E-state index in [2.05, 4.69) is 16.7 Å². The van der Waals surface area contributed by atoms with Gasteiger partial charge in [-0.2, -0.15) is 0 Å². The maximum Gasteiger partial charge on any atom is 0.251 e. The monoisotopic (exact) mass is 534 g/mol. The minimum absolute atomic E-state index is 0.0192. The lowest BCUT2D eigenvalue weighted by molar-refractivity contribution is -0.116. The Morgan fingerprint density at radius 3 is 2.73 bits per heavy atom. The highest BCUT2D eigenvalue weighted by Gasteiger charge is 2.50. The van der Waals surface area contributed by atoms with E-state index in [-0.39, 0.29) is 40.0 Å². The second-order valence-corrected chi connectivity index (χ2v) is 10.3. The molecule has 0 fully saturated rings. The molecule has 0 bridgehead atoms. The molecule has 0 saturated carbocycles. The van der Waals surface area contributed by atoms with Crippen molar-refractivity contribution < 1.29 is 28.2 Å². The molecule has 4 rings (SSSR count). The highest BCUT2D eigenvalue weighted by Crippen LogP contribution is 2.52. The van der Waals surface area contributed by atoms with Gasteiger partial charge in [-0.1, -0.05) is 48.1 Å². The molecule has 37 heavy (non-hydrogen) atoms. The van der Waals surface area contributed by atoms with Gasteiger partial charge in [0.1, 0.15) is 23.3 Å². The molecule has 200 valence electrons. The van der Waals surface area contributed by atoms with Gasteiger partial charge in [-0.3, -0.25) is 4.79 Å². The zero-order valence-corrected chi connectivity index (χ0v) is 22.2. The van der Waals surface area contributed by atoms with Crippen LogP contribution in [0.5, 0.6) is 5.75 Å². The molecular formula is C28H33ClF2N2O4. The lowest BCUT2D eigenvalue weighted by atomic mass is 9.75.